The van der Waals surface area contributed by atoms with Gasteiger partial charge in [-0.1, -0.05) is 63.2 Å². The third-order valence-electron chi connectivity index (χ3n) is 6.60. The largest absolute Gasteiger partial charge is 0.483 e. The summed E-state index contributed by atoms with van der Waals surface area (Å²) in [6, 6.07) is 24.2. The standard InChI is InChI=1S/C34H31FN4O4S/c1-34(2,3)25-12-10-23(11-13-25)20-36-38-33-39(21-28-8-6-18-42-28)32(41)30(44-33)19-24-7-4-5-9-29(24)43-22-31(40)37-27-16-14-26(35)15-17-27/h4-20H,21-22H2,1-3H3,(H,37,40)/b30-19-,36-20+,38-33-. The Morgan fingerprint density at radius 3 is 2.48 bits per heavy atom. The van der Waals surface area contributed by atoms with Gasteiger partial charge >= 0.3 is 0 Å². The van der Waals surface area contributed by atoms with Crippen LogP contribution in [0.2, 0.25) is 0 Å². The van der Waals surface area contributed by atoms with Gasteiger partial charge in [-0.15, -0.1) is 5.10 Å². The van der Waals surface area contributed by atoms with Gasteiger partial charge in [0.1, 0.15) is 17.3 Å². The molecule has 5 rings (SSSR count). The first kappa shape index (κ1) is 30.5. The number of hydrogen-bond acceptors (Lipinski definition) is 7. The number of amidine groups is 1. The van der Waals surface area contributed by atoms with Crippen molar-refractivity contribution in [3.63, 3.8) is 0 Å². The van der Waals surface area contributed by atoms with E-state index in [0.717, 1.165) is 5.56 Å². The third kappa shape index (κ3) is 7.90. The van der Waals surface area contributed by atoms with E-state index in [1.54, 1.807) is 48.9 Å². The second kappa shape index (κ2) is 13.6. The lowest BCUT2D eigenvalue weighted by atomic mass is 9.87. The van der Waals surface area contributed by atoms with Crippen molar-refractivity contribution in [1.82, 2.24) is 4.90 Å². The molecule has 1 fully saturated rings. The molecule has 224 valence electrons. The Kier molecular flexibility index (Phi) is 9.40. The van der Waals surface area contributed by atoms with Gasteiger partial charge in [0, 0.05) is 11.3 Å². The highest BCUT2D eigenvalue weighted by atomic mass is 32.2. The van der Waals surface area contributed by atoms with Crippen LogP contribution >= 0.6 is 11.8 Å². The summed E-state index contributed by atoms with van der Waals surface area (Å²) in [5.74, 6) is -0.0452. The maximum atomic E-state index is 13.5. The lowest BCUT2D eigenvalue weighted by Gasteiger charge is -2.18. The van der Waals surface area contributed by atoms with Crippen molar-refractivity contribution in [3.8, 4) is 5.75 Å². The molecular weight excluding hydrogens is 579 g/mol. The third-order valence-corrected chi connectivity index (χ3v) is 7.60. The van der Waals surface area contributed by atoms with Gasteiger partial charge in [-0.25, -0.2) is 4.39 Å². The fourth-order valence-electron chi connectivity index (χ4n) is 4.24. The van der Waals surface area contributed by atoms with Crippen LogP contribution in [-0.2, 0) is 21.5 Å². The predicted octanol–water partition coefficient (Wildman–Crippen LogP) is 7.24. The summed E-state index contributed by atoms with van der Waals surface area (Å²) in [7, 11) is 0. The molecule has 1 saturated heterocycles. The van der Waals surface area contributed by atoms with Gasteiger partial charge in [0.15, 0.2) is 11.8 Å². The summed E-state index contributed by atoms with van der Waals surface area (Å²) in [5.41, 5.74) is 3.22. The summed E-state index contributed by atoms with van der Waals surface area (Å²) in [6.45, 7) is 6.39. The lowest BCUT2D eigenvalue weighted by molar-refractivity contribution is -0.122. The SMILES string of the molecule is CC(C)(C)c1ccc(/C=N/N=C2\S/C(=C\c3ccccc3OCC(=O)Nc3ccc(F)cc3)C(=O)N2Cc2ccco2)cc1. The minimum atomic E-state index is -0.407. The van der Waals surface area contributed by atoms with Crippen LogP contribution in [0.25, 0.3) is 6.08 Å². The molecule has 1 aliphatic rings. The lowest BCUT2D eigenvalue weighted by Crippen LogP contribution is -2.28. The molecule has 1 aromatic heterocycles. The maximum absolute atomic E-state index is 13.5. The number of thioether (sulfide) groups is 1. The minimum Gasteiger partial charge on any atom is -0.483 e. The highest BCUT2D eigenvalue weighted by molar-refractivity contribution is 8.18. The number of nitrogens with one attached hydrogen (secondary N) is 1. The van der Waals surface area contributed by atoms with Gasteiger partial charge < -0.3 is 14.5 Å². The molecule has 0 bridgehead atoms. The predicted molar refractivity (Wildman–Crippen MR) is 172 cm³/mol. The summed E-state index contributed by atoms with van der Waals surface area (Å²) in [4.78, 5) is 27.9. The number of benzene rings is 3. The summed E-state index contributed by atoms with van der Waals surface area (Å²) in [5, 5.41) is 11.7. The van der Waals surface area contributed by atoms with E-state index in [1.807, 2.05) is 18.2 Å². The highest BCUT2D eigenvalue weighted by Gasteiger charge is 2.34. The molecule has 2 heterocycles. The van der Waals surface area contributed by atoms with Crippen LogP contribution in [0.15, 0.2) is 111 Å². The molecule has 0 spiro atoms. The number of nitrogens with zero attached hydrogens (tertiary/aromatic N) is 3. The fourth-order valence-corrected chi connectivity index (χ4v) is 5.17. The molecule has 1 N–H and O–H groups in total. The Balaban J connectivity index is 1.33. The summed E-state index contributed by atoms with van der Waals surface area (Å²) in [6.07, 6.45) is 4.90. The number of rotatable bonds is 9. The molecule has 0 saturated carbocycles. The van der Waals surface area contributed by atoms with Gasteiger partial charge in [-0.05, 0) is 76.8 Å². The molecule has 0 aliphatic carbocycles. The Hall–Kier alpha value is -4.96. The second-order valence-corrected chi connectivity index (χ2v) is 12.0. The van der Waals surface area contributed by atoms with Crippen molar-refractivity contribution < 1.29 is 23.1 Å². The van der Waals surface area contributed by atoms with E-state index < -0.39 is 11.7 Å². The molecule has 2 amide bonds. The minimum absolute atomic E-state index is 0.0475. The van der Waals surface area contributed by atoms with Gasteiger partial charge in [0.25, 0.3) is 11.8 Å². The van der Waals surface area contributed by atoms with E-state index in [9.17, 15) is 14.0 Å². The van der Waals surface area contributed by atoms with Crippen LogP contribution in [0.3, 0.4) is 0 Å². The first-order valence-electron chi connectivity index (χ1n) is 13.9. The number of carbonyl (C=O) groups excluding carboxylic acids is 2. The highest BCUT2D eigenvalue weighted by Crippen LogP contribution is 2.35. The van der Waals surface area contributed by atoms with Crippen LogP contribution in [0.4, 0.5) is 10.1 Å². The van der Waals surface area contributed by atoms with E-state index in [2.05, 4.69) is 48.4 Å². The molecule has 4 aromatic rings. The zero-order valence-corrected chi connectivity index (χ0v) is 25.3. The quantitative estimate of drug-likeness (QED) is 0.122. The average molecular weight is 611 g/mol. The maximum Gasteiger partial charge on any atom is 0.267 e. The molecule has 10 heteroatoms. The van der Waals surface area contributed by atoms with Crippen molar-refractivity contribution in [3.05, 3.63) is 124 Å². The van der Waals surface area contributed by atoms with Gasteiger partial charge in [-0.2, -0.15) is 5.10 Å². The smallest absolute Gasteiger partial charge is 0.267 e. The number of anilines is 1. The van der Waals surface area contributed by atoms with Gasteiger partial charge in [-0.3, -0.25) is 14.5 Å². The van der Waals surface area contributed by atoms with Crippen molar-refractivity contribution in [2.75, 3.05) is 11.9 Å². The van der Waals surface area contributed by atoms with E-state index in [0.29, 0.717) is 32.8 Å². The molecule has 0 unspecified atom stereocenters. The van der Waals surface area contributed by atoms with Crippen molar-refractivity contribution >= 4 is 46.7 Å². The number of furan rings is 1. The van der Waals surface area contributed by atoms with Crippen LogP contribution < -0.4 is 10.1 Å². The van der Waals surface area contributed by atoms with Crippen LogP contribution in [0.1, 0.15) is 43.2 Å². The number of carbonyl (C=O) groups is 2. The van der Waals surface area contributed by atoms with Crippen LogP contribution in [0.5, 0.6) is 5.75 Å². The summed E-state index contributed by atoms with van der Waals surface area (Å²) >= 11 is 1.19. The number of ether oxygens (including phenoxy) is 1. The Morgan fingerprint density at radius 1 is 1.02 bits per heavy atom. The van der Waals surface area contributed by atoms with E-state index >= 15 is 0 Å². The monoisotopic (exact) mass is 610 g/mol. The summed E-state index contributed by atoms with van der Waals surface area (Å²) < 4.78 is 24.4. The average Bonchev–Trinajstić information content (AvgIpc) is 3.62. The molecule has 44 heavy (non-hydrogen) atoms. The normalized spacial score (nSPS) is 15.5. The first-order valence-corrected chi connectivity index (χ1v) is 14.7. The van der Waals surface area contributed by atoms with E-state index in [-0.39, 0.29) is 24.5 Å². The van der Waals surface area contributed by atoms with Crippen molar-refractivity contribution in [1.29, 1.82) is 0 Å². The molecule has 0 atom stereocenters. The van der Waals surface area contributed by atoms with Crippen molar-refractivity contribution in [2.24, 2.45) is 10.2 Å². The molecule has 3 aromatic carbocycles. The van der Waals surface area contributed by atoms with Crippen LogP contribution in [-0.4, -0.2) is 34.7 Å². The zero-order chi connectivity index (χ0) is 31.1. The first-order chi connectivity index (χ1) is 21.2. The molecule has 0 radical (unpaired) electrons. The van der Waals surface area contributed by atoms with E-state index in [4.69, 9.17) is 9.15 Å². The Bertz CT molecular complexity index is 1710. The Labute approximate surface area is 259 Å². The number of hydrogen-bond donors (Lipinski definition) is 1. The molecule has 1 aliphatic heterocycles. The second-order valence-electron chi connectivity index (χ2n) is 11.0. The van der Waals surface area contributed by atoms with Gasteiger partial charge in [0.05, 0.1) is 23.9 Å². The molecular formula is C34H31FN4O4S. The topological polar surface area (TPSA) is 96.5 Å². The van der Waals surface area contributed by atoms with Crippen LogP contribution in [0, 0.1) is 5.82 Å². The Morgan fingerprint density at radius 2 is 1.77 bits per heavy atom. The number of para-hydroxylation sites is 1. The number of halogens is 1. The fraction of sp³-hybridized carbons (Fsp3) is 0.176. The van der Waals surface area contributed by atoms with Crippen molar-refractivity contribution in [2.45, 2.75) is 32.7 Å². The van der Waals surface area contributed by atoms with E-state index in [1.165, 1.54) is 46.5 Å². The van der Waals surface area contributed by atoms with Gasteiger partial charge in [0.2, 0.25) is 0 Å². The number of amides is 2. The zero-order valence-electron chi connectivity index (χ0n) is 24.5. The molecule has 8 nitrogen and oxygen atoms in total.